The van der Waals surface area contributed by atoms with Crippen LogP contribution in [0, 0.1) is 18.3 Å². The van der Waals surface area contributed by atoms with Crippen LogP contribution < -0.4 is 10.1 Å². The molecule has 0 spiro atoms. The van der Waals surface area contributed by atoms with E-state index in [0.717, 1.165) is 17.2 Å². The second kappa shape index (κ2) is 5.96. The van der Waals surface area contributed by atoms with E-state index in [1.807, 2.05) is 56.3 Å². The largest absolute Gasteiger partial charge is 0.479 e. The monoisotopic (exact) mass is 256 g/mol. The Labute approximate surface area is 112 Å². The fraction of sp³-hybridized carbons (Fsp3) is 0.267. The summed E-state index contributed by atoms with van der Waals surface area (Å²) in [6.45, 7) is 4.03. The molecule has 19 heavy (non-hydrogen) atoms. The summed E-state index contributed by atoms with van der Waals surface area (Å²) in [5.41, 5.74) is 0.978. The number of aryl methyl sites for hydroxylation is 1. The molecule has 0 fully saturated rings. The Morgan fingerprint density at radius 2 is 2.00 bits per heavy atom. The lowest BCUT2D eigenvalue weighted by Crippen LogP contribution is -2.05. The van der Waals surface area contributed by atoms with Crippen LogP contribution in [0.5, 0.6) is 5.75 Å². The van der Waals surface area contributed by atoms with Crippen LogP contribution in [0.25, 0.3) is 0 Å². The van der Waals surface area contributed by atoms with Crippen LogP contribution in [0.1, 0.15) is 24.5 Å². The van der Waals surface area contributed by atoms with Gasteiger partial charge in [0.2, 0.25) is 0 Å². The summed E-state index contributed by atoms with van der Waals surface area (Å²) in [5.74, 6) is 2.50. The minimum absolute atomic E-state index is 0.0643. The Morgan fingerprint density at radius 3 is 2.58 bits per heavy atom. The van der Waals surface area contributed by atoms with Crippen molar-refractivity contribution in [2.45, 2.75) is 19.9 Å². The van der Waals surface area contributed by atoms with E-state index in [0.29, 0.717) is 5.75 Å². The summed E-state index contributed by atoms with van der Waals surface area (Å²) in [6.07, 6.45) is 0. The summed E-state index contributed by atoms with van der Waals surface area (Å²) in [6, 6.07) is 13.5. The Kier molecular flexibility index (Phi) is 4.09. The van der Waals surface area contributed by atoms with Gasteiger partial charge >= 0.3 is 0 Å². The fourth-order valence-electron chi connectivity index (χ4n) is 1.77. The molecule has 1 N–H and O–H groups in total. The van der Waals surface area contributed by atoms with Crippen molar-refractivity contribution in [3.05, 3.63) is 47.9 Å². The standard InChI is InChI=1S/C15H16N2O2/c1-11-3-8-15(19-11)12(2)17-13-4-6-14(7-5-13)18-10-9-16/h3-8,12,17H,10H2,1-2H3. The highest BCUT2D eigenvalue weighted by Gasteiger charge is 2.09. The quantitative estimate of drug-likeness (QED) is 0.886. The summed E-state index contributed by atoms with van der Waals surface area (Å²) in [4.78, 5) is 0. The third-order valence-electron chi connectivity index (χ3n) is 2.73. The highest BCUT2D eigenvalue weighted by atomic mass is 16.5. The van der Waals surface area contributed by atoms with E-state index in [1.54, 1.807) is 0 Å². The van der Waals surface area contributed by atoms with Gasteiger partial charge in [0.1, 0.15) is 23.3 Å². The first-order chi connectivity index (χ1) is 9.19. The van der Waals surface area contributed by atoms with E-state index in [1.165, 1.54) is 0 Å². The van der Waals surface area contributed by atoms with Crippen LogP contribution in [0.2, 0.25) is 0 Å². The molecule has 1 atom stereocenters. The second-order valence-electron chi connectivity index (χ2n) is 4.29. The van der Waals surface area contributed by atoms with E-state index >= 15 is 0 Å². The van der Waals surface area contributed by atoms with Gasteiger partial charge in [-0.3, -0.25) is 0 Å². The van der Waals surface area contributed by atoms with Gasteiger partial charge in [0.15, 0.2) is 6.61 Å². The topological polar surface area (TPSA) is 58.2 Å². The molecule has 2 aromatic rings. The predicted octanol–water partition coefficient (Wildman–Crippen LogP) is 3.66. The van der Waals surface area contributed by atoms with Gasteiger partial charge in [-0.1, -0.05) is 0 Å². The SMILES string of the molecule is Cc1ccc(C(C)Nc2ccc(OCC#N)cc2)o1. The van der Waals surface area contributed by atoms with Crippen molar-refractivity contribution in [1.82, 2.24) is 0 Å². The highest BCUT2D eigenvalue weighted by molar-refractivity contribution is 5.47. The van der Waals surface area contributed by atoms with Gasteiger partial charge in [-0.25, -0.2) is 0 Å². The maximum absolute atomic E-state index is 8.43. The van der Waals surface area contributed by atoms with Crippen LogP contribution >= 0.6 is 0 Å². The average molecular weight is 256 g/mol. The Balaban J connectivity index is 1.97. The van der Waals surface area contributed by atoms with Crippen LogP contribution in [-0.2, 0) is 0 Å². The minimum atomic E-state index is 0.0643. The van der Waals surface area contributed by atoms with Gasteiger partial charge in [-0.2, -0.15) is 5.26 Å². The molecule has 0 bridgehead atoms. The molecule has 0 amide bonds. The third-order valence-corrected chi connectivity index (χ3v) is 2.73. The predicted molar refractivity (Wildman–Crippen MR) is 73.0 cm³/mol. The normalized spacial score (nSPS) is 11.6. The Bertz CT molecular complexity index is 567. The molecule has 4 nitrogen and oxygen atoms in total. The van der Waals surface area contributed by atoms with Crippen molar-refractivity contribution < 1.29 is 9.15 Å². The van der Waals surface area contributed by atoms with E-state index in [-0.39, 0.29) is 12.6 Å². The minimum Gasteiger partial charge on any atom is -0.479 e. The molecule has 1 aromatic heterocycles. The first-order valence-electron chi connectivity index (χ1n) is 6.11. The number of anilines is 1. The van der Waals surface area contributed by atoms with E-state index in [9.17, 15) is 0 Å². The third kappa shape index (κ3) is 3.52. The maximum Gasteiger partial charge on any atom is 0.174 e. The van der Waals surface area contributed by atoms with Crippen molar-refractivity contribution in [3.8, 4) is 11.8 Å². The molecule has 0 saturated carbocycles. The van der Waals surface area contributed by atoms with Crippen LogP contribution in [-0.4, -0.2) is 6.61 Å². The summed E-state index contributed by atoms with van der Waals surface area (Å²) in [7, 11) is 0. The molecular formula is C15H16N2O2. The smallest absolute Gasteiger partial charge is 0.174 e. The molecule has 0 aliphatic heterocycles. The molecule has 4 heteroatoms. The van der Waals surface area contributed by atoms with Crippen molar-refractivity contribution >= 4 is 5.69 Å². The van der Waals surface area contributed by atoms with Crippen molar-refractivity contribution in [3.63, 3.8) is 0 Å². The fourth-order valence-corrected chi connectivity index (χ4v) is 1.77. The maximum atomic E-state index is 8.43. The van der Waals surface area contributed by atoms with Gasteiger partial charge in [0.05, 0.1) is 6.04 Å². The van der Waals surface area contributed by atoms with Gasteiger partial charge in [0.25, 0.3) is 0 Å². The average Bonchev–Trinajstić information content (AvgIpc) is 2.85. The summed E-state index contributed by atoms with van der Waals surface area (Å²) < 4.78 is 10.8. The van der Waals surface area contributed by atoms with E-state index in [4.69, 9.17) is 14.4 Å². The van der Waals surface area contributed by atoms with Crippen molar-refractivity contribution in [1.29, 1.82) is 5.26 Å². The van der Waals surface area contributed by atoms with Crippen LogP contribution in [0.3, 0.4) is 0 Å². The number of hydrogen-bond donors (Lipinski definition) is 1. The van der Waals surface area contributed by atoms with Crippen molar-refractivity contribution in [2.75, 3.05) is 11.9 Å². The number of hydrogen-bond acceptors (Lipinski definition) is 4. The van der Waals surface area contributed by atoms with Crippen LogP contribution in [0.15, 0.2) is 40.8 Å². The lowest BCUT2D eigenvalue weighted by Gasteiger charge is -2.13. The van der Waals surface area contributed by atoms with Gasteiger partial charge in [-0.05, 0) is 50.2 Å². The number of furan rings is 1. The summed E-state index contributed by atoms with van der Waals surface area (Å²) in [5, 5.41) is 11.8. The first kappa shape index (κ1) is 13.0. The lowest BCUT2D eigenvalue weighted by molar-refractivity contribution is 0.368. The Hall–Kier alpha value is -2.41. The molecule has 98 valence electrons. The zero-order valence-electron chi connectivity index (χ0n) is 11.0. The number of nitriles is 1. The number of nitrogens with one attached hydrogen (secondary N) is 1. The highest BCUT2D eigenvalue weighted by Crippen LogP contribution is 2.22. The second-order valence-corrected chi connectivity index (χ2v) is 4.29. The molecule has 1 heterocycles. The molecule has 0 aliphatic carbocycles. The molecule has 0 saturated heterocycles. The zero-order valence-corrected chi connectivity index (χ0v) is 11.0. The van der Waals surface area contributed by atoms with Crippen molar-refractivity contribution in [2.24, 2.45) is 0 Å². The van der Waals surface area contributed by atoms with Gasteiger partial charge in [-0.15, -0.1) is 0 Å². The molecule has 0 radical (unpaired) electrons. The van der Waals surface area contributed by atoms with E-state index in [2.05, 4.69) is 5.32 Å². The molecule has 1 aromatic carbocycles. The molecule has 2 rings (SSSR count). The number of benzene rings is 1. The number of rotatable bonds is 5. The molecule has 0 aliphatic rings. The lowest BCUT2D eigenvalue weighted by atomic mass is 10.2. The van der Waals surface area contributed by atoms with E-state index < -0.39 is 0 Å². The molecule has 1 unspecified atom stereocenters. The Morgan fingerprint density at radius 1 is 1.26 bits per heavy atom. The first-order valence-corrected chi connectivity index (χ1v) is 6.11. The molecular weight excluding hydrogens is 240 g/mol. The number of nitrogens with zero attached hydrogens (tertiary/aromatic N) is 1. The zero-order chi connectivity index (χ0) is 13.7. The van der Waals surface area contributed by atoms with Gasteiger partial charge < -0.3 is 14.5 Å². The number of ether oxygens (including phenoxy) is 1. The van der Waals surface area contributed by atoms with Gasteiger partial charge in [0, 0.05) is 5.69 Å². The summed E-state index contributed by atoms with van der Waals surface area (Å²) >= 11 is 0. The van der Waals surface area contributed by atoms with Crippen LogP contribution in [0.4, 0.5) is 5.69 Å².